The van der Waals surface area contributed by atoms with Gasteiger partial charge in [-0.25, -0.2) is 8.42 Å². The number of hydrogen-bond acceptors (Lipinski definition) is 4. The summed E-state index contributed by atoms with van der Waals surface area (Å²) >= 11 is 6.08. The van der Waals surface area contributed by atoms with E-state index in [1.807, 2.05) is 18.2 Å². The van der Waals surface area contributed by atoms with E-state index in [4.69, 9.17) is 11.6 Å². The highest BCUT2D eigenvalue weighted by atomic mass is 35.5. The number of quaternary nitrogens is 1. The molecule has 7 heteroatoms. The number of benzene rings is 1. The normalized spacial score (nSPS) is 17.0. The van der Waals surface area contributed by atoms with E-state index in [-0.39, 0.29) is 5.75 Å². The van der Waals surface area contributed by atoms with Gasteiger partial charge in [0, 0.05) is 16.5 Å². The summed E-state index contributed by atoms with van der Waals surface area (Å²) in [6.07, 6.45) is 1.25. The zero-order chi connectivity index (χ0) is 16.2. The summed E-state index contributed by atoms with van der Waals surface area (Å²) in [6, 6.07) is 5.97. The number of rotatable bonds is 6. The van der Waals surface area contributed by atoms with Gasteiger partial charge in [-0.2, -0.15) is 0 Å². The molecule has 1 aliphatic heterocycles. The maximum Gasteiger partial charge on any atom is 0.0949 e. The Bertz CT molecular complexity index is 599. The highest BCUT2D eigenvalue weighted by Crippen LogP contribution is 2.24. The predicted molar refractivity (Wildman–Crippen MR) is 87.8 cm³/mol. The van der Waals surface area contributed by atoms with Crippen LogP contribution in [0.4, 0.5) is 5.69 Å². The van der Waals surface area contributed by atoms with Crippen molar-refractivity contribution in [1.82, 2.24) is 0 Å². The van der Waals surface area contributed by atoms with E-state index in [9.17, 15) is 13.0 Å². The summed E-state index contributed by atoms with van der Waals surface area (Å²) in [6.45, 7) is 7.01. The molecule has 0 bridgehead atoms. The molecule has 1 aliphatic rings. The van der Waals surface area contributed by atoms with Gasteiger partial charge in [-0.3, -0.25) is 0 Å². The van der Waals surface area contributed by atoms with E-state index in [0.717, 1.165) is 44.2 Å². The van der Waals surface area contributed by atoms with Crippen molar-refractivity contribution in [2.24, 2.45) is 0 Å². The second-order valence-corrected chi connectivity index (χ2v) is 7.85. The molecule has 0 spiro atoms. The quantitative estimate of drug-likeness (QED) is 0.607. The highest BCUT2D eigenvalue weighted by molar-refractivity contribution is 7.85. The first-order valence-electron chi connectivity index (χ1n) is 7.63. The average Bonchev–Trinajstić information content (AvgIpc) is 2.46. The van der Waals surface area contributed by atoms with Gasteiger partial charge in [-0.15, -0.1) is 0 Å². The maximum atomic E-state index is 10.6. The van der Waals surface area contributed by atoms with Gasteiger partial charge < -0.3 is 14.4 Å². The predicted octanol–water partition coefficient (Wildman–Crippen LogP) is 0.679. The van der Waals surface area contributed by atoms with Gasteiger partial charge >= 0.3 is 0 Å². The molecular formula is C15H23ClN2O3S. The Morgan fingerprint density at radius 1 is 1.27 bits per heavy atom. The molecule has 2 rings (SSSR count). The number of nitrogens with zero attached hydrogens (tertiary/aromatic N) is 1. The molecule has 1 aromatic carbocycles. The minimum Gasteiger partial charge on any atom is -0.748 e. The van der Waals surface area contributed by atoms with Crippen molar-refractivity contribution < 1.29 is 17.9 Å². The Morgan fingerprint density at radius 2 is 1.95 bits per heavy atom. The maximum absolute atomic E-state index is 10.6. The smallest absolute Gasteiger partial charge is 0.0949 e. The minimum absolute atomic E-state index is 0.242. The fourth-order valence-electron chi connectivity index (χ4n) is 2.89. The van der Waals surface area contributed by atoms with Crippen molar-refractivity contribution >= 4 is 27.4 Å². The van der Waals surface area contributed by atoms with Crippen LogP contribution >= 0.6 is 11.6 Å². The van der Waals surface area contributed by atoms with Crippen molar-refractivity contribution in [3.05, 3.63) is 28.8 Å². The number of nitrogens with one attached hydrogen (secondary N) is 1. The second kappa shape index (κ2) is 7.64. The van der Waals surface area contributed by atoms with Gasteiger partial charge in [-0.05, 0) is 37.5 Å². The summed E-state index contributed by atoms with van der Waals surface area (Å²) in [5.41, 5.74) is 2.43. The summed E-state index contributed by atoms with van der Waals surface area (Å²) < 4.78 is 31.7. The third-order valence-corrected chi connectivity index (χ3v) is 5.18. The molecule has 1 saturated heterocycles. The zero-order valence-corrected chi connectivity index (χ0v) is 14.4. The van der Waals surface area contributed by atoms with Crippen LogP contribution < -0.4 is 9.80 Å². The van der Waals surface area contributed by atoms with E-state index in [0.29, 0.717) is 6.42 Å². The lowest BCUT2D eigenvalue weighted by Crippen LogP contribution is -3.14. The van der Waals surface area contributed by atoms with Gasteiger partial charge in [0.05, 0.1) is 42.8 Å². The van der Waals surface area contributed by atoms with Crippen LogP contribution in [0.15, 0.2) is 18.2 Å². The summed E-state index contributed by atoms with van der Waals surface area (Å²) in [5.74, 6) is -0.242. The Labute approximate surface area is 137 Å². The summed E-state index contributed by atoms with van der Waals surface area (Å²) in [4.78, 5) is 3.83. The van der Waals surface area contributed by atoms with Crippen molar-refractivity contribution in [3.8, 4) is 0 Å². The molecule has 1 N–H and O–H groups in total. The third-order valence-electron chi connectivity index (χ3n) is 4.16. The summed E-state index contributed by atoms with van der Waals surface area (Å²) in [5, 5.41) is 0.759. The lowest BCUT2D eigenvalue weighted by molar-refractivity contribution is -0.900. The lowest BCUT2D eigenvalue weighted by Gasteiger charge is -2.34. The van der Waals surface area contributed by atoms with Crippen molar-refractivity contribution in [2.75, 3.05) is 43.4 Å². The molecule has 0 aromatic heterocycles. The number of aryl methyl sites for hydroxylation is 1. The zero-order valence-electron chi connectivity index (χ0n) is 12.8. The van der Waals surface area contributed by atoms with Crippen LogP contribution in [-0.2, 0) is 10.1 Å². The van der Waals surface area contributed by atoms with Crippen LogP contribution in [0.1, 0.15) is 18.4 Å². The number of anilines is 1. The SMILES string of the molecule is Cc1ccc(Cl)cc1N1CC[NH+](CCCCS(=O)(=O)[O-])CC1. The van der Waals surface area contributed by atoms with Crippen LogP contribution in [0.2, 0.25) is 5.02 Å². The molecule has 0 saturated carbocycles. The molecule has 0 unspecified atom stereocenters. The van der Waals surface area contributed by atoms with Crippen LogP contribution in [0, 0.1) is 6.92 Å². The molecular weight excluding hydrogens is 324 g/mol. The van der Waals surface area contributed by atoms with E-state index < -0.39 is 10.1 Å². The Hall–Kier alpha value is -0.820. The van der Waals surface area contributed by atoms with Gasteiger partial charge in [0.1, 0.15) is 0 Å². The fraction of sp³-hybridized carbons (Fsp3) is 0.600. The van der Waals surface area contributed by atoms with Crippen molar-refractivity contribution in [1.29, 1.82) is 0 Å². The van der Waals surface area contributed by atoms with Crippen LogP contribution in [0.3, 0.4) is 0 Å². The van der Waals surface area contributed by atoms with Crippen molar-refractivity contribution in [3.63, 3.8) is 0 Å². The molecule has 22 heavy (non-hydrogen) atoms. The Morgan fingerprint density at radius 3 is 2.59 bits per heavy atom. The largest absolute Gasteiger partial charge is 0.748 e. The van der Waals surface area contributed by atoms with Crippen LogP contribution in [0.5, 0.6) is 0 Å². The van der Waals surface area contributed by atoms with Crippen LogP contribution in [0.25, 0.3) is 0 Å². The van der Waals surface area contributed by atoms with E-state index in [1.54, 1.807) is 0 Å². The Balaban J connectivity index is 1.77. The molecule has 0 aliphatic carbocycles. The molecule has 0 radical (unpaired) electrons. The molecule has 1 fully saturated rings. The summed E-state index contributed by atoms with van der Waals surface area (Å²) in [7, 11) is -4.06. The van der Waals surface area contributed by atoms with E-state index in [1.165, 1.54) is 16.2 Å². The lowest BCUT2D eigenvalue weighted by atomic mass is 10.1. The average molecular weight is 347 g/mol. The van der Waals surface area contributed by atoms with Crippen LogP contribution in [-0.4, -0.2) is 51.4 Å². The molecule has 0 amide bonds. The second-order valence-electron chi connectivity index (χ2n) is 5.89. The molecule has 124 valence electrons. The minimum atomic E-state index is -4.06. The van der Waals surface area contributed by atoms with E-state index >= 15 is 0 Å². The molecule has 1 aromatic rings. The monoisotopic (exact) mass is 346 g/mol. The Kier molecular flexibility index (Phi) is 6.09. The number of hydrogen-bond donors (Lipinski definition) is 1. The standard InChI is InChI=1S/C15H23ClN2O3S/c1-13-4-5-14(16)12-15(13)18-9-7-17(8-10-18)6-2-3-11-22(19,20)21/h4-5,12H,2-3,6-11H2,1H3,(H,19,20,21). The third kappa shape index (κ3) is 5.43. The number of piperazine rings is 1. The first kappa shape index (κ1) is 17.5. The number of unbranched alkanes of at least 4 members (excludes halogenated alkanes) is 1. The first-order valence-corrected chi connectivity index (χ1v) is 9.59. The molecule has 1 heterocycles. The molecule has 5 nitrogen and oxygen atoms in total. The fourth-order valence-corrected chi connectivity index (χ4v) is 3.61. The van der Waals surface area contributed by atoms with Gasteiger partial charge in [0.15, 0.2) is 0 Å². The van der Waals surface area contributed by atoms with Gasteiger partial charge in [0.2, 0.25) is 0 Å². The topological polar surface area (TPSA) is 64.9 Å². The highest BCUT2D eigenvalue weighted by Gasteiger charge is 2.20. The molecule has 0 atom stereocenters. The van der Waals surface area contributed by atoms with E-state index in [2.05, 4.69) is 11.8 Å². The first-order chi connectivity index (χ1) is 10.3. The number of halogens is 1. The van der Waals surface area contributed by atoms with Gasteiger partial charge in [-0.1, -0.05) is 17.7 Å². The van der Waals surface area contributed by atoms with Crippen molar-refractivity contribution in [2.45, 2.75) is 19.8 Å². The van der Waals surface area contributed by atoms with Gasteiger partial charge in [0.25, 0.3) is 0 Å².